The van der Waals surface area contributed by atoms with E-state index in [0.717, 1.165) is 19.3 Å². The van der Waals surface area contributed by atoms with E-state index in [1.165, 1.54) is 0 Å². The number of allylic oxidation sites excluding steroid dienone is 5. The highest BCUT2D eigenvalue weighted by Gasteiger charge is 2.26. The lowest BCUT2D eigenvalue weighted by Gasteiger charge is -2.14. The van der Waals surface area contributed by atoms with Gasteiger partial charge in [-0.2, -0.15) is 0 Å². The summed E-state index contributed by atoms with van der Waals surface area (Å²) in [5.41, 5.74) is 0. The predicted octanol–water partition coefficient (Wildman–Crippen LogP) is 4.21. The zero-order valence-electron chi connectivity index (χ0n) is 17.5. The molecule has 0 unspecified atom stereocenters. The Labute approximate surface area is 183 Å². The minimum Gasteiger partial charge on any atom is -0.491 e. The maximum absolute atomic E-state index is 12.2. The number of halogens is 1. The van der Waals surface area contributed by atoms with Crippen LogP contribution in [0.25, 0.3) is 0 Å². The molecule has 1 aliphatic carbocycles. The lowest BCUT2D eigenvalue weighted by molar-refractivity contribution is -0.128. The van der Waals surface area contributed by atoms with Gasteiger partial charge in [-0.1, -0.05) is 48.0 Å². The number of aliphatic hydroxyl groups is 1. The van der Waals surface area contributed by atoms with Crippen LogP contribution in [0.5, 0.6) is 5.75 Å². The maximum atomic E-state index is 12.2. The van der Waals surface area contributed by atoms with E-state index in [9.17, 15) is 14.7 Å². The van der Waals surface area contributed by atoms with Gasteiger partial charge < -0.3 is 14.7 Å². The van der Waals surface area contributed by atoms with Crippen molar-refractivity contribution in [1.29, 1.82) is 0 Å². The summed E-state index contributed by atoms with van der Waals surface area (Å²) in [5, 5.41) is 10.7. The fourth-order valence-corrected chi connectivity index (χ4v) is 3.31. The van der Waals surface area contributed by atoms with E-state index >= 15 is 0 Å². The van der Waals surface area contributed by atoms with Crippen LogP contribution in [0.3, 0.4) is 0 Å². The molecule has 1 aromatic carbocycles. The summed E-state index contributed by atoms with van der Waals surface area (Å²) in [6.07, 6.45) is 13.2. The number of rotatable bonds is 11. The summed E-state index contributed by atoms with van der Waals surface area (Å²) in [5.74, 6) is 0.573. The summed E-state index contributed by atoms with van der Waals surface area (Å²) in [6, 6.07) is 6.98. The van der Waals surface area contributed by atoms with Gasteiger partial charge in [0.15, 0.2) is 5.78 Å². The zero-order valence-corrected chi connectivity index (χ0v) is 18.3. The summed E-state index contributed by atoms with van der Waals surface area (Å²) >= 11 is 5.91. The predicted molar refractivity (Wildman–Crippen MR) is 120 cm³/mol. The van der Waals surface area contributed by atoms with E-state index in [-0.39, 0.29) is 30.1 Å². The van der Waals surface area contributed by atoms with Crippen LogP contribution in [0.1, 0.15) is 25.7 Å². The molecule has 0 radical (unpaired) electrons. The molecule has 2 rings (SSSR count). The number of ether oxygens (including phenoxy) is 1. The second-order valence-corrected chi connectivity index (χ2v) is 8.00. The molecule has 1 amide bonds. The second-order valence-electron chi connectivity index (χ2n) is 7.56. The van der Waals surface area contributed by atoms with Crippen LogP contribution < -0.4 is 4.74 Å². The summed E-state index contributed by atoms with van der Waals surface area (Å²) in [4.78, 5) is 25.3. The molecule has 0 heterocycles. The van der Waals surface area contributed by atoms with Crippen LogP contribution in [0.15, 0.2) is 60.7 Å². The van der Waals surface area contributed by atoms with Gasteiger partial charge in [0, 0.05) is 31.5 Å². The fraction of sp³-hybridized carbons (Fsp3) is 0.417. The van der Waals surface area contributed by atoms with Gasteiger partial charge in [-0.25, -0.2) is 0 Å². The van der Waals surface area contributed by atoms with Gasteiger partial charge in [-0.3, -0.25) is 9.59 Å². The molecule has 6 heteroatoms. The van der Waals surface area contributed by atoms with E-state index < -0.39 is 6.10 Å². The first kappa shape index (κ1) is 23.9. The van der Waals surface area contributed by atoms with Crippen LogP contribution in [-0.4, -0.2) is 48.5 Å². The van der Waals surface area contributed by atoms with Gasteiger partial charge in [0.25, 0.3) is 0 Å². The average molecular weight is 432 g/mol. The number of carbonyl (C=O) groups is 2. The number of amides is 1. The van der Waals surface area contributed by atoms with Gasteiger partial charge in [-0.05, 0) is 49.5 Å². The van der Waals surface area contributed by atoms with E-state index in [2.05, 4.69) is 12.2 Å². The Hall–Kier alpha value is -2.37. The number of aliphatic hydroxyl groups excluding tert-OH is 1. The van der Waals surface area contributed by atoms with Gasteiger partial charge >= 0.3 is 0 Å². The van der Waals surface area contributed by atoms with Crippen LogP contribution in [0.4, 0.5) is 0 Å². The largest absolute Gasteiger partial charge is 0.491 e. The van der Waals surface area contributed by atoms with Crippen molar-refractivity contribution in [3.05, 3.63) is 65.7 Å². The standard InChI is InChI=1S/C24H30ClNO4/c1-26(2)24(29)11-6-4-3-5-8-18-12-15-23(28)22(18)14-13-20(27)17-30-21-10-7-9-19(25)16-21/h3,5,7,9-10,12-16,18,20,22,27H,4,6,8,11,17H2,1-2H3/b5-3-,14-13+/t18-,20+,22+/m0/s1. The Morgan fingerprint density at radius 1 is 1.33 bits per heavy atom. The van der Waals surface area contributed by atoms with E-state index in [1.54, 1.807) is 61.5 Å². The third-order valence-electron chi connectivity index (χ3n) is 4.89. The number of carbonyl (C=O) groups excluding carboxylic acids is 2. The van der Waals surface area contributed by atoms with Crippen molar-refractivity contribution in [2.75, 3.05) is 20.7 Å². The van der Waals surface area contributed by atoms with Crippen molar-refractivity contribution in [2.45, 2.75) is 31.8 Å². The molecule has 0 fully saturated rings. The van der Waals surface area contributed by atoms with Crippen molar-refractivity contribution in [3.63, 3.8) is 0 Å². The Kier molecular flexibility index (Phi) is 9.84. The van der Waals surface area contributed by atoms with Crippen LogP contribution in [-0.2, 0) is 9.59 Å². The third-order valence-corrected chi connectivity index (χ3v) is 5.13. The van der Waals surface area contributed by atoms with E-state index in [4.69, 9.17) is 16.3 Å². The first-order valence-electron chi connectivity index (χ1n) is 10.2. The van der Waals surface area contributed by atoms with Crippen molar-refractivity contribution < 1.29 is 19.4 Å². The summed E-state index contributed by atoms with van der Waals surface area (Å²) < 4.78 is 5.53. The Bertz CT molecular complexity index is 800. The summed E-state index contributed by atoms with van der Waals surface area (Å²) in [7, 11) is 3.52. The molecule has 0 aromatic heterocycles. The molecule has 162 valence electrons. The molecule has 5 nitrogen and oxygen atoms in total. The van der Waals surface area contributed by atoms with Crippen LogP contribution in [0.2, 0.25) is 5.02 Å². The minimum atomic E-state index is -0.817. The Morgan fingerprint density at radius 2 is 2.13 bits per heavy atom. The first-order chi connectivity index (χ1) is 14.4. The molecule has 1 aliphatic rings. The molecular weight excluding hydrogens is 402 g/mol. The topological polar surface area (TPSA) is 66.8 Å². The smallest absolute Gasteiger partial charge is 0.222 e. The monoisotopic (exact) mass is 431 g/mol. The van der Waals surface area contributed by atoms with Crippen molar-refractivity contribution in [1.82, 2.24) is 4.90 Å². The Balaban J connectivity index is 1.76. The molecular formula is C24H30ClNO4. The molecule has 0 aliphatic heterocycles. The van der Waals surface area contributed by atoms with Crippen LogP contribution >= 0.6 is 11.6 Å². The lowest BCUT2D eigenvalue weighted by Crippen LogP contribution is -2.20. The SMILES string of the molecule is CN(C)C(=O)CCC/C=C\C[C@H]1C=CC(=O)[C@@H]1/C=C/[C@@H](O)COc1cccc(Cl)c1. The Morgan fingerprint density at radius 3 is 2.87 bits per heavy atom. The lowest BCUT2D eigenvalue weighted by atomic mass is 9.91. The second kappa shape index (κ2) is 12.4. The normalized spacial score (nSPS) is 19.7. The molecule has 3 atom stereocenters. The van der Waals surface area contributed by atoms with Gasteiger partial charge in [0.05, 0.1) is 0 Å². The molecule has 0 bridgehead atoms. The van der Waals surface area contributed by atoms with E-state index in [0.29, 0.717) is 17.2 Å². The van der Waals surface area contributed by atoms with Crippen molar-refractivity contribution in [2.24, 2.45) is 11.8 Å². The van der Waals surface area contributed by atoms with Crippen molar-refractivity contribution in [3.8, 4) is 5.75 Å². The number of benzene rings is 1. The maximum Gasteiger partial charge on any atom is 0.222 e. The first-order valence-corrected chi connectivity index (χ1v) is 10.6. The van der Waals surface area contributed by atoms with E-state index in [1.807, 2.05) is 6.08 Å². The minimum absolute atomic E-state index is 0.0455. The third kappa shape index (κ3) is 8.17. The highest BCUT2D eigenvalue weighted by molar-refractivity contribution is 6.30. The van der Waals surface area contributed by atoms with Crippen molar-refractivity contribution >= 4 is 23.3 Å². The number of hydrogen-bond donors (Lipinski definition) is 1. The van der Waals surface area contributed by atoms with Gasteiger partial charge in [0.1, 0.15) is 18.5 Å². The molecule has 0 saturated carbocycles. The number of unbranched alkanes of at least 4 members (excludes halogenated alkanes) is 1. The number of nitrogens with zero attached hydrogens (tertiary/aromatic N) is 1. The highest BCUT2D eigenvalue weighted by atomic mass is 35.5. The zero-order chi connectivity index (χ0) is 21.9. The summed E-state index contributed by atoms with van der Waals surface area (Å²) in [6.45, 7) is 0.0847. The molecule has 0 saturated heterocycles. The highest BCUT2D eigenvalue weighted by Crippen LogP contribution is 2.27. The van der Waals surface area contributed by atoms with Crippen LogP contribution in [0, 0.1) is 11.8 Å². The molecule has 1 aromatic rings. The molecule has 0 spiro atoms. The van der Waals surface area contributed by atoms with Gasteiger partial charge in [0.2, 0.25) is 5.91 Å². The number of ketones is 1. The molecule has 1 N–H and O–H groups in total. The molecule has 30 heavy (non-hydrogen) atoms. The quantitative estimate of drug-likeness (QED) is 0.421. The number of hydrogen-bond acceptors (Lipinski definition) is 4. The van der Waals surface area contributed by atoms with Gasteiger partial charge in [-0.15, -0.1) is 0 Å². The fourth-order valence-electron chi connectivity index (χ4n) is 3.13. The average Bonchev–Trinajstić information content (AvgIpc) is 3.06.